The summed E-state index contributed by atoms with van der Waals surface area (Å²) in [5.41, 5.74) is 7.16. The number of para-hydroxylation sites is 1. The zero-order valence-corrected chi connectivity index (χ0v) is 12.4. The van der Waals surface area contributed by atoms with E-state index in [-0.39, 0.29) is 0 Å². The summed E-state index contributed by atoms with van der Waals surface area (Å²) in [5.74, 6) is 2.32. The number of piperazine rings is 1. The van der Waals surface area contributed by atoms with E-state index >= 15 is 0 Å². The summed E-state index contributed by atoms with van der Waals surface area (Å²) >= 11 is 0. The van der Waals surface area contributed by atoms with E-state index in [1.807, 2.05) is 13.0 Å². The van der Waals surface area contributed by atoms with Crippen LogP contribution in [-0.4, -0.2) is 36.1 Å². The van der Waals surface area contributed by atoms with Crippen molar-refractivity contribution in [2.75, 3.05) is 41.7 Å². The second-order valence-electron chi connectivity index (χ2n) is 5.23. The SMILES string of the molecule is CCc1nc(N)cc(N2CCN(c3ccccc3)CC2)n1. The number of aromatic nitrogens is 2. The topological polar surface area (TPSA) is 58.3 Å². The molecule has 2 heterocycles. The van der Waals surface area contributed by atoms with Gasteiger partial charge in [0.15, 0.2) is 0 Å². The van der Waals surface area contributed by atoms with Crippen molar-refractivity contribution in [3.05, 3.63) is 42.2 Å². The van der Waals surface area contributed by atoms with Crippen molar-refractivity contribution >= 4 is 17.3 Å². The summed E-state index contributed by atoms with van der Waals surface area (Å²) in [6.45, 7) is 5.94. The van der Waals surface area contributed by atoms with Gasteiger partial charge in [0, 0.05) is 44.4 Å². The van der Waals surface area contributed by atoms with Gasteiger partial charge in [0.1, 0.15) is 17.5 Å². The first kappa shape index (κ1) is 13.7. The van der Waals surface area contributed by atoms with E-state index < -0.39 is 0 Å². The molecule has 1 aromatic carbocycles. The largest absolute Gasteiger partial charge is 0.384 e. The smallest absolute Gasteiger partial charge is 0.134 e. The van der Waals surface area contributed by atoms with Crippen molar-refractivity contribution in [2.24, 2.45) is 0 Å². The molecule has 1 saturated heterocycles. The Balaban J connectivity index is 1.70. The standard InChI is InChI=1S/C16H21N5/c1-2-15-18-14(17)12-16(19-15)21-10-8-20(9-11-21)13-6-4-3-5-7-13/h3-7,12H,2,8-11H2,1H3,(H2,17,18,19). The van der Waals surface area contributed by atoms with Gasteiger partial charge in [0.25, 0.3) is 0 Å². The second-order valence-corrected chi connectivity index (χ2v) is 5.23. The Morgan fingerprint density at radius 3 is 2.33 bits per heavy atom. The molecule has 0 bridgehead atoms. The monoisotopic (exact) mass is 283 g/mol. The van der Waals surface area contributed by atoms with Crippen LogP contribution in [0.15, 0.2) is 36.4 Å². The van der Waals surface area contributed by atoms with Gasteiger partial charge in [-0.1, -0.05) is 25.1 Å². The molecule has 0 unspecified atom stereocenters. The van der Waals surface area contributed by atoms with Crippen molar-refractivity contribution in [1.82, 2.24) is 9.97 Å². The fourth-order valence-corrected chi connectivity index (χ4v) is 2.66. The number of hydrogen-bond donors (Lipinski definition) is 1. The first-order chi connectivity index (χ1) is 10.3. The molecule has 3 rings (SSSR count). The van der Waals surface area contributed by atoms with Crippen LogP contribution in [0.1, 0.15) is 12.7 Å². The highest BCUT2D eigenvalue weighted by molar-refractivity contribution is 5.51. The number of aryl methyl sites for hydroxylation is 1. The van der Waals surface area contributed by atoms with Crippen LogP contribution in [0.3, 0.4) is 0 Å². The van der Waals surface area contributed by atoms with Gasteiger partial charge in [-0.05, 0) is 12.1 Å². The van der Waals surface area contributed by atoms with E-state index in [9.17, 15) is 0 Å². The molecule has 0 aliphatic carbocycles. The van der Waals surface area contributed by atoms with Gasteiger partial charge in [-0.3, -0.25) is 0 Å². The average molecular weight is 283 g/mol. The predicted molar refractivity (Wildman–Crippen MR) is 86.7 cm³/mol. The van der Waals surface area contributed by atoms with Gasteiger partial charge in [0.05, 0.1) is 0 Å². The molecule has 21 heavy (non-hydrogen) atoms. The van der Waals surface area contributed by atoms with E-state index in [0.717, 1.165) is 44.2 Å². The van der Waals surface area contributed by atoms with Crippen molar-refractivity contribution in [3.63, 3.8) is 0 Å². The lowest BCUT2D eigenvalue weighted by atomic mass is 10.2. The number of rotatable bonds is 3. The normalized spacial score (nSPS) is 15.3. The lowest BCUT2D eigenvalue weighted by Gasteiger charge is -2.36. The quantitative estimate of drug-likeness (QED) is 0.933. The highest BCUT2D eigenvalue weighted by Gasteiger charge is 2.19. The van der Waals surface area contributed by atoms with Crippen LogP contribution in [0.5, 0.6) is 0 Å². The summed E-state index contributed by atoms with van der Waals surface area (Å²) in [6.07, 6.45) is 0.808. The maximum atomic E-state index is 5.87. The third-order valence-electron chi connectivity index (χ3n) is 3.82. The molecule has 110 valence electrons. The second kappa shape index (κ2) is 5.99. The zero-order chi connectivity index (χ0) is 14.7. The Bertz CT molecular complexity index is 591. The lowest BCUT2D eigenvalue weighted by Crippen LogP contribution is -2.46. The van der Waals surface area contributed by atoms with E-state index in [1.165, 1.54) is 5.69 Å². The van der Waals surface area contributed by atoms with E-state index in [0.29, 0.717) is 5.82 Å². The van der Waals surface area contributed by atoms with Gasteiger partial charge >= 0.3 is 0 Å². The molecule has 1 aliphatic rings. The van der Waals surface area contributed by atoms with Crippen molar-refractivity contribution < 1.29 is 0 Å². The Kier molecular flexibility index (Phi) is 3.90. The molecule has 1 aromatic heterocycles. The summed E-state index contributed by atoms with van der Waals surface area (Å²) in [5, 5.41) is 0. The molecule has 0 radical (unpaired) electrons. The molecule has 2 aromatic rings. The summed E-state index contributed by atoms with van der Waals surface area (Å²) in [7, 11) is 0. The molecule has 5 heteroatoms. The van der Waals surface area contributed by atoms with Crippen molar-refractivity contribution in [3.8, 4) is 0 Å². The highest BCUT2D eigenvalue weighted by Crippen LogP contribution is 2.20. The molecule has 2 N–H and O–H groups in total. The number of hydrogen-bond acceptors (Lipinski definition) is 5. The first-order valence-electron chi connectivity index (χ1n) is 7.44. The molecular formula is C16H21N5. The third kappa shape index (κ3) is 3.07. The van der Waals surface area contributed by atoms with Crippen LogP contribution in [-0.2, 0) is 6.42 Å². The fourth-order valence-electron chi connectivity index (χ4n) is 2.66. The van der Waals surface area contributed by atoms with Crippen LogP contribution >= 0.6 is 0 Å². The van der Waals surface area contributed by atoms with Crippen LogP contribution in [0.25, 0.3) is 0 Å². The Morgan fingerprint density at radius 1 is 1.00 bits per heavy atom. The van der Waals surface area contributed by atoms with Gasteiger partial charge in [-0.15, -0.1) is 0 Å². The van der Waals surface area contributed by atoms with Gasteiger partial charge in [0.2, 0.25) is 0 Å². The number of nitrogens with zero attached hydrogens (tertiary/aromatic N) is 4. The molecular weight excluding hydrogens is 262 g/mol. The maximum Gasteiger partial charge on any atom is 0.134 e. The average Bonchev–Trinajstić information content (AvgIpc) is 2.55. The summed E-state index contributed by atoms with van der Waals surface area (Å²) in [6, 6.07) is 12.4. The van der Waals surface area contributed by atoms with Gasteiger partial charge in [-0.2, -0.15) is 0 Å². The van der Waals surface area contributed by atoms with Gasteiger partial charge in [-0.25, -0.2) is 9.97 Å². The molecule has 1 aliphatic heterocycles. The van der Waals surface area contributed by atoms with E-state index in [4.69, 9.17) is 5.73 Å². The van der Waals surface area contributed by atoms with Crippen molar-refractivity contribution in [2.45, 2.75) is 13.3 Å². The Morgan fingerprint density at radius 2 is 1.67 bits per heavy atom. The van der Waals surface area contributed by atoms with Crippen LogP contribution in [0.2, 0.25) is 0 Å². The molecule has 0 amide bonds. The maximum absolute atomic E-state index is 5.87. The Labute approximate surface area is 125 Å². The zero-order valence-electron chi connectivity index (χ0n) is 12.4. The van der Waals surface area contributed by atoms with E-state index in [1.54, 1.807) is 0 Å². The minimum atomic E-state index is 0.558. The molecule has 0 atom stereocenters. The van der Waals surface area contributed by atoms with Crippen LogP contribution < -0.4 is 15.5 Å². The first-order valence-corrected chi connectivity index (χ1v) is 7.44. The highest BCUT2D eigenvalue weighted by atomic mass is 15.3. The van der Waals surface area contributed by atoms with Crippen LogP contribution in [0, 0.1) is 0 Å². The molecule has 5 nitrogen and oxygen atoms in total. The number of nitrogens with two attached hydrogens (primary N) is 1. The lowest BCUT2D eigenvalue weighted by molar-refractivity contribution is 0.645. The fraction of sp³-hybridized carbons (Fsp3) is 0.375. The third-order valence-corrected chi connectivity index (χ3v) is 3.82. The van der Waals surface area contributed by atoms with E-state index in [2.05, 4.69) is 50.1 Å². The minimum absolute atomic E-state index is 0.558. The number of anilines is 3. The van der Waals surface area contributed by atoms with Crippen molar-refractivity contribution in [1.29, 1.82) is 0 Å². The molecule has 1 fully saturated rings. The molecule has 0 saturated carbocycles. The van der Waals surface area contributed by atoms with Crippen LogP contribution in [0.4, 0.5) is 17.3 Å². The minimum Gasteiger partial charge on any atom is -0.384 e. The number of nitrogen functional groups attached to an aromatic ring is 1. The predicted octanol–water partition coefficient (Wildman–Crippen LogP) is 1.95. The summed E-state index contributed by atoms with van der Waals surface area (Å²) in [4.78, 5) is 13.5. The number of benzene rings is 1. The van der Waals surface area contributed by atoms with Gasteiger partial charge < -0.3 is 15.5 Å². The molecule has 0 spiro atoms. The summed E-state index contributed by atoms with van der Waals surface area (Å²) < 4.78 is 0. The Hall–Kier alpha value is -2.30.